The van der Waals surface area contributed by atoms with E-state index >= 15 is 0 Å². The zero-order chi connectivity index (χ0) is 42.8. The maximum atomic E-state index is 13.4. The summed E-state index contributed by atoms with van der Waals surface area (Å²) in [4.78, 5) is 81.8. The molecule has 0 saturated heterocycles. The van der Waals surface area contributed by atoms with Crippen molar-refractivity contribution in [3.63, 3.8) is 0 Å². The highest BCUT2D eigenvalue weighted by atomic mass is 19.4. The maximum absolute atomic E-state index is 13.4. The van der Waals surface area contributed by atoms with E-state index < -0.39 is 81.7 Å². The number of azo groups is 2. The number of carbonyl (C=O) groups is 4. The molecule has 0 saturated carbocycles. The molecular formula is C37H28F6N10O6. The van der Waals surface area contributed by atoms with E-state index in [0.29, 0.717) is 0 Å². The number of fused-ring (bicyclic) bond motifs is 2. The minimum absolute atomic E-state index is 0.0755. The van der Waals surface area contributed by atoms with Crippen LogP contribution < -0.4 is 22.0 Å². The summed E-state index contributed by atoms with van der Waals surface area (Å²) >= 11 is 0. The van der Waals surface area contributed by atoms with Crippen molar-refractivity contribution in [2.45, 2.75) is 45.0 Å². The molecule has 304 valence electrons. The molecule has 6 rings (SSSR count). The van der Waals surface area contributed by atoms with Crippen molar-refractivity contribution in [3.05, 3.63) is 117 Å². The number of alkyl halides is 6. The van der Waals surface area contributed by atoms with Crippen LogP contribution in [0.25, 0.3) is 22.1 Å². The highest BCUT2D eigenvalue weighted by molar-refractivity contribution is 6.11. The molecule has 0 aliphatic carbocycles. The second-order valence-corrected chi connectivity index (χ2v) is 12.8. The predicted octanol–water partition coefficient (Wildman–Crippen LogP) is 6.88. The molecule has 0 bridgehead atoms. The molecule has 0 radical (unpaired) electrons. The molecule has 0 aliphatic heterocycles. The molecule has 2 unspecified atom stereocenters. The Morgan fingerprint density at radius 3 is 1.34 bits per heavy atom. The Kier molecular flexibility index (Phi) is 11.3. The van der Waals surface area contributed by atoms with Crippen LogP contribution in [-0.4, -0.2) is 54.6 Å². The van der Waals surface area contributed by atoms with Gasteiger partial charge in [-0.2, -0.15) is 46.8 Å². The van der Waals surface area contributed by atoms with Gasteiger partial charge >= 0.3 is 23.7 Å². The fraction of sp³-hybridized carbons (Fsp3) is 0.189. The third kappa shape index (κ3) is 9.05. The lowest BCUT2D eigenvalue weighted by atomic mass is 10.2. The number of hydrogen-bond acceptors (Lipinski definition) is 10. The first-order valence-electron chi connectivity index (χ1n) is 17.0. The Balaban J connectivity index is 1.18. The van der Waals surface area contributed by atoms with Gasteiger partial charge in [0.25, 0.3) is 11.8 Å². The second-order valence-electron chi connectivity index (χ2n) is 12.8. The third-order valence-corrected chi connectivity index (χ3v) is 8.61. The van der Waals surface area contributed by atoms with E-state index in [1.807, 2.05) is 0 Å². The van der Waals surface area contributed by atoms with Gasteiger partial charge in [0.15, 0.2) is 11.6 Å². The number of nitrogens with one attached hydrogen (secondary N) is 4. The molecule has 16 nitrogen and oxygen atoms in total. The molecule has 4 aromatic carbocycles. The quantitative estimate of drug-likeness (QED) is 0.0586. The van der Waals surface area contributed by atoms with E-state index in [1.54, 1.807) is 0 Å². The number of Topliss-reactive ketones (excluding diaryl/α,β-unsaturated/α-hetero) is 2. The highest BCUT2D eigenvalue weighted by Crippen LogP contribution is 2.37. The summed E-state index contributed by atoms with van der Waals surface area (Å²) in [5.41, 5.74) is -3.71. The summed E-state index contributed by atoms with van der Waals surface area (Å²) in [5, 5.41) is 19.0. The molecule has 22 heteroatoms. The third-order valence-electron chi connectivity index (χ3n) is 8.61. The summed E-state index contributed by atoms with van der Waals surface area (Å²) in [6.07, 6.45) is -9.53. The van der Waals surface area contributed by atoms with Crippen molar-refractivity contribution in [3.8, 4) is 0 Å². The summed E-state index contributed by atoms with van der Waals surface area (Å²) in [7, 11) is 0. The van der Waals surface area contributed by atoms with Crippen LogP contribution in [0, 0.1) is 0 Å². The Morgan fingerprint density at radius 1 is 0.610 bits per heavy atom. The number of carbonyl (C=O) groups excluding carboxylic acids is 4. The van der Waals surface area contributed by atoms with Crippen molar-refractivity contribution in [1.82, 2.24) is 19.1 Å². The molecule has 59 heavy (non-hydrogen) atoms. The maximum Gasteiger partial charge on any atom is 0.418 e. The standard InChI is InChI=1S/C37H28F6N10O6/c1-18(54)30(50-48-24-9-5-3-7-22(24)36(38,39)40)32(56)44-20-11-13-28-26(15-20)46-34(58)52(28)17-53-29-14-12-21(16-27(29)47-35(53)59)45-33(57)31(19(2)55)51-49-25-10-6-4-8-23(25)37(41,42)43/h3-16,30-31H,17H2,1-2H3,(H,44,56)(H,45,57)(H,46,58)(H,47,59)/b50-48+,51-49+. The van der Waals surface area contributed by atoms with Crippen LogP contribution in [0.4, 0.5) is 49.1 Å². The number of aromatic amines is 2. The van der Waals surface area contributed by atoms with Crippen molar-refractivity contribution in [2.24, 2.45) is 20.5 Å². The first kappa shape index (κ1) is 41.1. The van der Waals surface area contributed by atoms with Crippen LogP contribution in [0.2, 0.25) is 0 Å². The van der Waals surface area contributed by atoms with E-state index in [-0.39, 0.29) is 40.1 Å². The number of H-pyrrole nitrogens is 2. The number of anilines is 2. The van der Waals surface area contributed by atoms with Crippen LogP contribution in [-0.2, 0) is 38.2 Å². The Morgan fingerprint density at radius 2 is 0.983 bits per heavy atom. The lowest BCUT2D eigenvalue weighted by Gasteiger charge is -2.12. The zero-order valence-electron chi connectivity index (χ0n) is 30.3. The van der Waals surface area contributed by atoms with E-state index in [0.717, 1.165) is 50.2 Å². The van der Waals surface area contributed by atoms with Gasteiger partial charge in [0.05, 0.1) is 44.6 Å². The molecule has 2 atom stereocenters. The zero-order valence-corrected chi connectivity index (χ0v) is 30.3. The van der Waals surface area contributed by atoms with Crippen LogP contribution in [0.15, 0.2) is 115 Å². The van der Waals surface area contributed by atoms with E-state index in [4.69, 9.17) is 0 Å². The molecule has 0 fully saturated rings. The second kappa shape index (κ2) is 16.1. The van der Waals surface area contributed by atoms with Gasteiger partial charge in [0, 0.05) is 11.4 Å². The average molecular weight is 823 g/mol. The number of benzene rings is 4. The van der Waals surface area contributed by atoms with Gasteiger partial charge in [0.1, 0.15) is 6.67 Å². The van der Waals surface area contributed by atoms with Gasteiger partial charge in [-0.15, -0.1) is 0 Å². The topological polar surface area (TPSA) is 217 Å². The molecule has 4 N–H and O–H groups in total. The van der Waals surface area contributed by atoms with E-state index in [2.05, 4.69) is 41.1 Å². The SMILES string of the molecule is CC(=O)C(/N=N/c1ccccc1C(F)(F)F)C(=O)Nc1ccc2c(c1)[nH]c(=O)n2Cn1c(=O)[nH]c2cc(NC(=O)C(/N=N/c3ccccc3C(F)(F)F)C(C)=O)ccc21. The number of nitrogens with zero attached hydrogens (tertiary/aromatic N) is 6. The molecular weight excluding hydrogens is 794 g/mol. The van der Waals surface area contributed by atoms with Gasteiger partial charge < -0.3 is 20.6 Å². The number of ketones is 2. The molecule has 0 aliphatic rings. The van der Waals surface area contributed by atoms with Gasteiger partial charge in [-0.1, -0.05) is 24.3 Å². The van der Waals surface area contributed by atoms with E-state index in [1.165, 1.54) is 57.7 Å². The predicted molar refractivity (Wildman–Crippen MR) is 199 cm³/mol. The lowest BCUT2D eigenvalue weighted by Crippen LogP contribution is -2.31. The Bertz CT molecular complexity index is 2630. The normalized spacial score (nSPS) is 13.3. The number of amides is 2. The average Bonchev–Trinajstić information content (AvgIpc) is 3.64. The van der Waals surface area contributed by atoms with E-state index in [9.17, 15) is 55.1 Å². The first-order valence-corrected chi connectivity index (χ1v) is 17.0. The summed E-state index contributed by atoms with van der Waals surface area (Å²) in [5.74, 6) is -3.65. The lowest BCUT2D eigenvalue weighted by molar-refractivity contribution is -0.137. The number of imidazole rings is 2. The minimum atomic E-state index is -4.76. The molecule has 2 aromatic heterocycles. The minimum Gasteiger partial charge on any atom is -0.324 e. The summed E-state index contributed by atoms with van der Waals surface area (Å²) in [6.45, 7) is 1.68. The van der Waals surface area contributed by atoms with Crippen molar-refractivity contribution in [1.29, 1.82) is 0 Å². The molecule has 0 spiro atoms. The molecule has 6 aromatic rings. The van der Waals surface area contributed by atoms with Gasteiger partial charge in [0.2, 0.25) is 12.1 Å². The monoisotopic (exact) mass is 822 g/mol. The number of aromatic nitrogens is 4. The first-order chi connectivity index (χ1) is 27.8. The Hall–Kier alpha value is -7.52. The van der Waals surface area contributed by atoms with Gasteiger partial charge in [-0.05, 0) is 74.5 Å². The van der Waals surface area contributed by atoms with Crippen molar-refractivity contribution in [2.75, 3.05) is 10.6 Å². The van der Waals surface area contributed by atoms with Crippen molar-refractivity contribution >= 4 is 68.2 Å². The number of halogens is 6. The van der Waals surface area contributed by atoms with Crippen LogP contribution in [0.3, 0.4) is 0 Å². The van der Waals surface area contributed by atoms with Crippen LogP contribution in [0.1, 0.15) is 25.0 Å². The van der Waals surface area contributed by atoms with Gasteiger partial charge in [-0.25, -0.2) is 9.59 Å². The molecule has 2 heterocycles. The fourth-order valence-electron chi connectivity index (χ4n) is 5.80. The van der Waals surface area contributed by atoms with Gasteiger partial charge in [-0.3, -0.25) is 28.3 Å². The molecule has 2 amide bonds. The van der Waals surface area contributed by atoms with Crippen molar-refractivity contribution < 1.29 is 45.5 Å². The van der Waals surface area contributed by atoms with Crippen LogP contribution >= 0.6 is 0 Å². The summed E-state index contributed by atoms with van der Waals surface area (Å²) in [6, 6.07) is 13.1. The fourth-order valence-corrected chi connectivity index (χ4v) is 5.80. The summed E-state index contributed by atoms with van der Waals surface area (Å²) < 4.78 is 82.6. The Labute approximate surface area is 325 Å². The number of rotatable bonds is 12. The van der Waals surface area contributed by atoms with Crippen LogP contribution in [0.5, 0.6) is 0 Å². The smallest absolute Gasteiger partial charge is 0.324 e. The highest BCUT2D eigenvalue weighted by Gasteiger charge is 2.35. The number of hydrogen-bond donors (Lipinski definition) is 4. The largest absolute Gasteiger partial charge is 0.418 e.